The molecule has 1 aromatic heterocycles. The van der Waals surface area contributed by atoms with Gasteiger partial charge in [-0.25, -0.2) is 0 Å². The highest BCUT2D eigenvalue weighted by Gasteiger charge is 2.19. The smallest absolute Gasteiger partial charge is 0.244 e. The van der Waals surface area contributed by atoms with Crippen molar-refractivity contribution in [1.29, 1.82) is 0 Å². The van der Waals surface area contributed by atoms with Gasteiger partial charge >= 0.3 is 0 Å². The van der Waals surface area contributed by atoms with Gasteiger partial charge in [0.1, 0.15) is 11.3 Å². The van der Waals surface area contributed by atoms with Crippen molar-refractivity contribution in [2.75, 3.05) is 19.6 Å². The van der Waals surface area contributed by atoms with E-state index in [1.165, 1.54) is 6.42 Å². The summed E-state index contributed by atoms with van der Waals surface area (Å²) in [6, 6.07) is 10.1. The lowest BCUT2D eigenvalue weighted by molar-refractivity contribution is -0.117. The van der Waals surface area contributed by atoms with Crippen molar-refractivity contribution < 1.29 is 9.21 Å². The molecule has 0 atom stereocenters. The van der Waals surface area contributed by atoms with Crippen molar-refractivity contribution in [3.05, 3.63) is 42.2 Å². The molecule has 1 aliphatic rings. The summed E-state index contributed by atoms with van der Waals surface area (Å²) in [5.74, 6) is 0.665. The number of para-hydroxylation sites is 1. The maximum absolute atomic E-state index is 12.1. The fourth-order valence-electron chi connectivity index (χ4n) is 3.11. The van der Waals surface area contributed by atoms with E-state index in [0.29, 0.717) is 5.76 Å². The Bertz CT molecular complexity index is 648. The second kappa shape index (κ2) is 7.47. The summed E-state index contributed by atoms with van der Waals surface area (Å²) in [6.45, 7) is 5.52. The fraction of sp³-hybridized carbons (Fsp3) is 0.421. The van der Waals surface area contributed by atoms with Crippen molar-refractivity contribution in [1.82, 2.24) is 10.2 Å². The number of piperidine rings is 1. The molecule has 122 valence electrons. The van der Waals surface area contributed by atoms with Crippen LogP contribution in [-0.4, -0.2) is 36.5 Å². The molecule has 1 amide bonds. The number of nitrogens with one attached hydrogen (secondary N) is 1. The Balaban J connectivity index is 1.51. The van der Waals surface area contributed by atoms with E-state index in [9.17, 15) is 4.79 Å². The van der Waals surface area contributed by atoms with Crippen LogP contribution in [0.3, 0.4) is 0 Å². The molecule has 1 aliphatic heterocycles. The molecule has 4 nitrogen and oxygen atoms in total. The van der Waals surface area contributed by atoms with E-state index in [4.69, 9.17) is 4.42 Å². The molecule has 1 aromatic carbocycles. The second-order valence-electron chi connectivity index (χ2n) is 6.14. The predicted molar refractivity (Wildman–Crippen MR) is 93.1 cm³/mol. The maximum Gasteiger partial charge on any atom is 0.244 e. The van der Waals surface area contributed by atoms with Crippen LogP contribution in [0, 0.1) is 0 Å². The Morgan fingerprint density at radius 2 is 2.13 bits per heavy atom. The number of carbonyl (C=O) groups is 1. The van der Waals surface area contributed by atoms with E-state index >= 15 is 0 Å². The summed E-state index contributed by atoms with van der Waals surface area (Å²) >= 11 is 0. The lowest BCUT2D eigenvalue weighted by atomic mass is 10.0. The summed E-state index contributed by atoms with van der Waals surface area (Å²) in [6.07, 6.45) is 6.56. The SMILES string of the molecule is CCCN1CCC(NC(=O)/C=C/c2cc3ccccc3o2)CC1. The first-order chi connectivity index (χ1) is 11.2. The van der Waals surface area contributed by atoms with E-state index < -0.39 is 0 Å². The van der Waals surface area contributed by atoms with Gasteiger partial charge in [0.25, 0.3) is 0 Å². The molecule has 2 aromatic rings. The highest BCUT2D eigenvalue weighted by atomic mass is 16.3. The van der Waals surface area contributed by atoms with Crippen LogP contribution in [0.5, 0.6) is 0 Å². The summed E-state index contributed by atoms with van der Waals surface area (Å²) in [7, 11) is 0. The standard InChI is InChI=1S/C19H24N2O2/c1-2-11-21-12-9-16(10-13-21)20-19(22)8-7-17-14-15-5-3-4-6-18(15)23-17/h3-8,14,16H,2,9-13H2,1H3,(H,20,22)/b8-7+. The number of hydrogen-bond acceptors (Lipinski definition) is 3. The molecule has 4 heteroatoms. The highest BCUT2D eigenvalue weighted by molar-refractivity contribution is 5.92. The largest absolute Gasteiger partial charge is 0.457 e. The summed E-state index contributed by atoms with van der Waals surface area (Å²) in [5, 5.41) is 4.14. The van der Waals surface area contributed by atoms with E-state index in [1.807, 2.05) is 30.3 Å². The lowest BCUT2D eigenvalue weighted by Crippen LogP contribution is -2.44. The molecule has 1 fully saturated rings. The molecule has 2 heterocycles. The number of benzene rings is 1. The Morgan fingerprint density at radius 3 is 2.87 bits per heavy atom. The average Bonchev–Trinajstić information content (AvgIpc) is 2.98. The molecule has 0 radical (unpaired) electrons. The van der Waals surface area contributed by atoms with Crippen LogP contribution in [0.1, 0.15) is 31.9 Å². The number of amides is 1. The average molecular weight is 312 g/mol. The van der Waals surface area contributed by atoms with Crippen LogP contribution in [-0.2, 0) is 4.79 Å². The van der Waals surface area contributed by atoms with Gasteiger partial charge in [0.15, 0.2) is 0 Å². The molecule has 3 rings (SSSR count). The van der Waals surface area contributed by atoms with Crippen LogP contribution in [0.2, 0.25) is 0 Å². The van der Waals surface area contributed by atoms with Crippen LogP contribution in [0.25, 0.3) is 17.0 Å². The van der Waals surface area contributed by atoms with E-state index in [2.05, 4.69) is 17.1 Å². The summed E-state index contributed by atoms with van der Waals surface area (Å²) < 4.78 is 5.68. The molecule has 23 heavy (non-hydrogen) atoms. The molecule has 0 bridgehead atoms. The first kappa shape index (κ1) is 15.8. The van der Waals surface area contributed by atoms with Crippen molar-refractivity contribution in [2.45, 2.75) is 32.2 Å². The number of nitrogens with zero attached hydrogens (tertiary/aromatic N) is 1. The normalized spacial score (nSPS) is 17.1. The third kappa shape index (κ3) is 4.23. The van der Waals surface area contributed by atoms with Crippen LogP contribution < -0.4 is 5.32 Å². The Hall–Kier alpha value is -2.07. The first-order valence-corrected chi connectivity index (χ1v) is 8.44. The Morgan fingerprint density at radius 1 is 1.35 bits per heavy atom. The van der Waals surface area contributed by atoms with Gasteiger partial charge in [0, 0.05) is 30.6 Å². The van der Waals surface area contributed by atoms with Gasteiger partial charge in [-0.2, -0.15) is 0 Å². The number of rotatable bonds is 5. The van der Waals surface area contributed by atoms with E-state index in [1.54, 1.807) is 12.2 Å². The molecular formula is C19H24N2O2. The van der Waals surface area contributed by atoms with Crippen molar-refractivity contribution in [3.8, 4) is 0 Å². The number of likely N-dealkylation sites (tertiary alicyclic amines) is 1. The Kier molecular flexibility index (Phi) is 5.13. The molecule has 0 unspecified atom stereocenters. The number of fused-ring (bicyclic) bond motifs is 1. The maximum atomic E-state index is 12.1. The highest BCUT2D eigenvalue weighted by Crippen LogP contribution is 2.19. The Labute approximate surface area is 137 Å². The minimum absolute atomic E-state index is 0.0422. The third-order valence-electron chi connectivity index (χ3n) is 4.32. The first-order valence-electron chi connectivity index (χ1n) is 8.44. The predicted octanol–water partition coefficient (Wildman–Crippen LogP) is 3.44. The zero-order valence-corrected chi connectivity index (χ0v) is 13.6. The van der Waals surface area contributed by atoms with Gasteiger partial charge in [-0.3, -0.25) is 4.79 Å². The topological polar surface area (TPSA) is 45.5 Å². The summed E-state index contributed by atoms with van der Waals surface area (Å²) in [4.78, 5) is 14.5. The summed E-state index contributed by atoms with van der Waals surface area (Å²) in [5.41, 5.74) is 0.843. The van der Waals surface area contributed by atoms with Gasteiger partial charge in [-0.05, 0) is 44.0 Å². The minimum atomic E-state index is -0.0422. The van der Waals surface area contributed by atoms with Crippen molar-refractivity contribution in [3.63, 3.8) is 0 Å². The van der Waals surface area contributed by atoms with E-state index in [-0.39, 0.29) is 11.9 Å². The molecule has 0 saturated carbocycles. The van der Waals surface area contributed by atoms with Crippen molar-refractivity contribution >= 4 is 23.0 Å². The van der Waals surface area contributed by atoms with Gasteiger partial charge in [0.05, 0.1) is 0 Å². The van der Waals surface area contributed by atoms with Crippen LogP contribution >= 0.6 is 0 Å². The van der Waals surface area contributed by atoms with Gasteiger partial charge in [-0.15, -0.1) is 0 Å². The van der Waals surface area contributed by atoms with Crippen LogP contribution in [0.4, 0.5) is 0 Å². The van der Waals surface area contributed by atoms with Gasteiger partial charge in [-0.1, -0.05) is 25.1 Å². The minimum Gasteiger partial charge on any atom is -0.457 e. The number of hydrogen-bond donors (Lipinski definition) is 1. The fourth-order valence-corrected chi connectivity index (χ4v) is 3.11. The molecule has 1 saturated heterocycles. The van der Waals surface area contributed by atoms with Gasteiger partial charge in [0.2, 0.25) is 5.91 Å². The molecule has 0 spiro atoms. The van der Waals surface area contributed by atoms with Crippen LogP contribution in [0.15, 0.2) is 40.8 Å². The molecular weight excluding hydrogens is 288 g/mol. The second-order valence-corrected chi connectivity index (χ2v) is 6.14. The monoisotopic (exact) mass is 312 g/mol. The molecule has 0 aliphatic carbocycles. The zero-order chi connectivity index (χ0) is 16.1. The lowest BCUT2D eigenvalue weighted by Gasteiger charge is -2.31. The molecule has 1 N–H and O–H groups in total. The quantitative estimate of drug-likeness (QED) is 0.860. The number of furan rings is 1. The van der Waals surface area contributed by atoms with Gasteiger partial charge < -0.3 is 14.6 Å². The van der Waals surface area contributed by atoms with Crippen molar-refractivity contribution in [2.24, 2.45) is 0 Å². The number of carbonyl (C=O) groups excluding carboxylic acids is 1. The third-order valence-corrected chi connectivity index (χ3v) is 4.32. The van der Waals surface area contributed by atoms with E-state index in [0.717, 1.165) is 43.4 Å². The zero-order valence-electron chi connectivity index (χ0n) is 13.6.